The van der Waals surface area contributed by atoms with Crippen molar-refractivity contribution < 1.29 is 43.8 Å². The van der Waals surface area contributed by atoms with E-state index in [1.807, 2.05) is 0 Å². The van der Waals surface area contributed by atoms with Crippen LogP contribution in [0.2, 0.25) is 0 Å². The third kappa shape index (κ3) is 24.4. The van der Waals surface area contributed by atoms with Crippen molar-refractivity contribution in [2.75, 3.05) is 13.1 Å². The Morgan fingerprint density at radius 3 is 1.79 bits per heavy atom. The lowest BCUT2D eigenvalue weighted by Crippen LogP contribution is -2.59. The molecule has 322 valence electrons. The van der Waals surface area contributed by atoms with Gasteiger partial charge >= 0.3 is 5.97 Å². The highest BCUT2D eigenvalue weighted by Crippen LogP contribution is 2.10. The molecule has 1 aliphatic rings. The van der Waals surface area contributed by atoms with Crippen molar-refractivity contribution in [3.8, 4) is 0 Å². The molecule has 17 nitrogen and oxygen atoms in total. The molecule has 3 unspecified atom stereocenters. The monoisotopic (exact) mass is 797 g/mol. The third-order valence-corrected chi connectivity index (χ3v) is 9.32. The van der Waals surface area contributed by atoms with Crippen LogP contribution in [-0.2, 0) is 33.6 Å². The number of carboxylic acids is 1. The van der Waals surface area contributed by atoms with Gasteiger partial charge in [0.1, 0.15) is 18.1 Å². The second-order valence-corrected chi connectivity index (χ2v) is 14.6. The van der Waals surface area contributed by atoms with Gasteiger partial charge in [-0.2, -0.15) is 0 Å². The molecule has 4 amide bonds. The Bertz CT molecular complexity index is 1240. The molecule has 1 heterocycles. The Morgan fingerprint density at radius 1 is 0.714 bits per heavy atom. The van der Waals surface area contributed by atoms with Gasteiger partial charge in [0.05, 0.1) is 18.2 Å². The lowest BCUT2D eigenvalue weighted by atomic mass is 10.0. The summed E-state index contributed by atoms with van der Waals surface area (Å²) in [5, 5.41) is 32.4. The van der Waals surface area contributed by atoms with Gasteiger partial charge in [-0.1, -0.05) is 84.5 Å². The molecule has 0 radical (unpaired) electrons. The van der Waals surface area contributed by atoms with Crippen molar-refractivity contribution in [1.82, 2.24) is 26.6 Å². The van der Waals surface area contributed by atoms with Crippen molar-refractivity contribution in [1.29, 1.82) is 0 Å². The molecule has 0 saturated carbocycles. The third-order valence-electron chi connectivity index (χ3n) is 9.32. The van der Waals surface area contributed by atoms with Gasteiger partial charge in [-0.15, -0.1) is 0 Å². The minimum absolute atomic E-state index is 0.0346. The van der Waals surface area contributed by atoms with Gasteiger partial charge in [0, 0.05) is 19.4 Å². The SMILES string of the molecule is CC1NCCCCCCCCCC(=O)N[C@@H]([C@@H](C)O)C(=O)NC(CCC(=O)O)C(=O)N[C@@H](CCCN=C(N)N)C(=O)NC(C)C(=O)C1=O.CCCCCCCC. The summed E-state index contributed by atoms with van der Waals surface area (Å²) in [5.74, 6) is -6.14. The Hall–Kier alpha value is -4.12. The maximum atomic E-state index is 13.4. The van der Waals surface area contributed by atoms with Crippen LogP contribution in [0.4, 0.5) is 0 Å². The number of carboxylic acid groups (broad SMARTS) is 1. The fourth-order valence-electron chi connectivity index (χ4n) is 5.86. The van der Waals surface area contributed by atoms with E-state index < -0.39 is 83.9 Å². The summed E-state index contributed by atoms with van der Waals surface area (Å²) in [4.78, 5) is 93.5. The van der Waals surface area contributed by atoms with Crippen LogP contribution >= 0.6 is 0 Å². The Labute approximate surface area is 333 Å². The van der Waals surface area contributed by atoms with Gasteiger partial charge < -0.3 is 48.3 Å². The summed E-state index contributed by atoms with van der Waals surface area (Å²) >= 11 is 0. The molecule has 0 aliphatic carbocycles. The summed E-state index contributed by atoms with van der Waals surface area (Å²) in [7, 11) is 0. The highest BCUT2D eigenvalue weighted by Gasteiger charge is 2.33. The van der Waals surface area contributed by atoms with Crippen LogP contribution in [0.3, 0.4) is 0 Å². The minimum atomic E-state index is -1.48. The lowest BCUT2D eigenvalue weighted by Gasteiger charge is -2.26. The number of nitrogens with one attached hydrogen (secondary N) is 5. The van der Waals surface area contributed by atoms with Gasteiger partial charge in [-0.3, -0.25) is 38.6 Å². The number of aliphatic imine (C=N–C) groups is 1. The smallest absolute Gasteiger partial charge is 0.303 e. The zero-order valence-electron chi connectivity index (χ0n) is 34.5. The molecule has 1 saturated heterocycles. The largest absolute Gasteiger partial charge is 0.481 e. The molecular formula is C39H72N8O9. The number of hydrogen-bond donors (Lipinski definition) is 9. The lowest BCUT2D eigenvalue weighted by molar-refractivity contribution is -0.140. The zero-order valence-corrected chi connectivity index (χ0v) is 34.5. The van der Waals surface area contributed by atoms with Crippen LogP contribution in [0.5, 0.6) is 0 Å². The number of aliphatic hydroxyl groups is 1. The summed E-state index contributed by atoms with van der Waals surface area (Å²) in [6, 6.07) is -6.25. The fourth-order valence-corrected chi connectivity index (χ4v) is 5.86. The van der Waals surface area contributed by atoms with E-state index in [-0.39, 0.29) is 38.2 Å². The van der Waals surface area contributed by atoms with Crippen LogP contribution in [0, 0.1) is 0 Å². The topological polar surface area (TPSA) is 285 Å². The number of hydrogen-bond acceptors (Lipinski definition) is 10. The Balaban J connectivity index is 0.00000338. The standard InChI is InChI=1S/C31H54N8O9.C8H18/c1-18-26(44)27(45)19(2)36-28(46)21(12-11-17-35-31(32)33)37-29(47)22(14-15-24(42)43)38-30(48)25(20(3)40)39-23(41)13-9-7-5-4-6-8-10-16-34-18;1-3-5-7-8-6-4-2/h18-22,25,34,40H,4-17H2,1-3H3,(H,36,46)(H,37,47)(H,38,48)(H,39,41)(H,42,43)(H4,32,33,35);3-8H2,1-2H3/t18?,19?,20-,21+,22?,25+;/m1./s1. The van der Waals surface area contributed by atoms with Crippen molar-refractivity contribution in [2.45, 2.75) is 187 Å². The highest BCUT2D eigenvalue weighted by atomic mass is 16.4. The van der Waals surface area contributed by atoms with Crippen LogP contribution < -0.4 is 38.1 Å². The first-order chi connectivity index (χ1) is 26.5. The van der Waals surface area contributed by atoms with Gasteiger partial charge in [0.2, 0.25) is 35.2 Å². The van der Waals surface area contributed by atoms with E-state index in [0.29, 0.717) is 13.0 Å². The number of carbonyl (C=O) groups is 7. The maximum Gasteiger partial charge on any atom is 0.303 e. The molecule has 56 heavy (non-hydrogen) atoms. The first kappa shape index (κ1) is 51.9. The molecule has 0 aromatic rings. The molecule has 1 aliphatic heterocycles. The first-order valence-electron chi connectivity index (χ1n) is 20.5. The second-order valence-electron chi connectivity index (χ2n) is 14.6. The number of ketones is 2. The van der Waals surface area contributed by atoms with Crippen LogP contribution in [0.25, 0.3) is 0 Å². The minimum Gasteiger partial charge on any atom is -0.481 e. The van der Waals surface area contributed by atoms with E-state index in [1.165, 1.54) is 52.4 Å². The summed E-state index contributed by atoms with van der Waals surface area (Å²) in [6.07, 6.45) is 12.3. The molecule has 0 aromatic heterocycles. The van der Waals surface area contributed by atoms with E-state index in [4.69, 9.17) is 11.5 Å². The van der Waals surface area contributed by atoms with E-state index in [1.54, 1.807) is 6.92 Å². The number of aliphatic carboxylic acids is 1. The van der Waals surface area contributed by atoms with E-state index in [2.05, 4.69) is 45.4 Å². The Morgan fingerprint density at radius 2 is 1.23 bits per heavy atom. The van der Waals surface area contributed by atoms with Gasteiger partial charge in [-0.05, 0) is 59.4 Å². The number of aliphatic hydroxyl groups excluding tert-OH is 1. The number of unbranched alkanes of at least 4 members (excludes halogenated alkanes) is 5. The van der Waals surface area contributed by atoms with E-state index >= 15 is 0 Å². The predicted molar refractivity (Wildman–Crippen MR) is 215 cm³/mol. The van der Waals surface area contributed by atoms with E-state index in [9.17, 15) is 43.8 Å². The number of carbonyl (C=O) groups excluding carboxylic acids is 6. The summed E-state index contributed by atoms with van der Waals surface area (Å²) < 4.78 is 0. The van der Waals surface area contributed by atoms with Crippen molar-refractivity contribution >= 4 is 47.1 Å². The predicted octanol–water partition coefficient (Wildman–Crippen LogP) is 1.86. The van der Waals surface area contributed by atoms with Crippen molar-refractivity contribution in [2.24, 2.45) is 16.5 Å². The molecule has 6 atom stereocenters. The number of guanidine groups is 1. The molecular weight excluding hydrogens is 724 g/mol. The number of nitrogens with zero attached hydrogens (tertiary/aromatic N) is 1. The average Bonchev–Trinajstić information content (AvgIpc) is 3.14. The number of Topliss-reactive ketones (excluding diaryl/α,β-unsaturated/α-hetero) is 2. The van der Waals surface area contributed by atoms with E-state index in [0.717, 1.165) is 38.5 Å². The average molecular weight is 797 g/mol. The van der Waals surface area contributed by atoms with Crippen molar-refractivity contribution in [3.05, 3.63) is 0 Å². The molecule has 1 rings (SSSR count). The van der Waals surface area contributed by atoms with Gasteiger partial charge in [-0.25, -0.2) is 0 Å². The van der Waals surface area contributed by atoms with Gasteiger partial charge in [0.25, 0.3) is 0 Å². The number of amides is 4. The molecule has 0 bridgehead atoms. The summed E-state index contributed by atoms with van der Waals surface area (Å²) in [5.41, 5.74) is 10.7. The quantitative estimate of drug-likeness (QED) is 0.0559. The fraction of sp³-hybridized carbons (Fsp3) is 0.795. The number of rotatable bonds is 13. The van der Waals surface area contributed by atoms with Crippen LogP contribution in [0.15, 0.2) is 4.99 Å². The highest BCUT2D eigenvalue weighted by molar-refractivity contribution is 6.41. The molecule has 1 fully saturated rings. The number of nitrogens with two attached hydrogens (primary N) is 2. The molecule has 11 N–H and O–H groups in total. The molecule has 0 aromatic carbocycles. The molecule has 17 heteroatoms. The van der Waals surface area contributed by atoms with Crippen LogP contribution in [0.1, 0.15) is 150 Å². The van der Waals surface area contributed by atoms with Gasteiger partial charge in [0.15, 0.2) is 5.96 Å². The van der Waals surface area contributed by atoms with Crippen LogP contribution in [-0.4, -0.2) is 107 Å². The normalized spacial score (nSPS) is 23.7. The van der Waals surface area contributed by atoms with Crippen molar-refractivity contribution in [3.63, 3.8) is 0 Å². The Kier molecular flexibility index (Phi) is 28.7. The second kappa shape index (κ2) is 31.0. The first-order valence-corrected chi connectivity index (χ1v) is 20.5. The maximum absolute atomic E-state index is 13.4. The molecule has 0 spiro atoms. The summed E-state index contributed by atoms with van der Waals surface area (Å²) in [6.45, 7) is 9.32. The zero-order chi connectivity index (χ0) is 42.5.